The molecule has 0 saturated carbocycles. The fourth-order valence-corrected chi connectivity index (χ4v) is 1.38. The van der Waals surface area contributed by atoms with Crippen molar-refractivity contribution >= 4 is 28.9 Å². The van der Waals surface area contributed by atoms with Crippen molar-refractivity contribution in [3.05, 3.63) is 38.4 Å². The summed E-state index contributed by atoms with van der Waals surface area (Å²) in [6.45, 7) is 0. The summed E-state index contributed by atoms with van der Waals surface area (Å²) in [4.78, 5) is 13.9. The molecule has 76 valence electrons. The van der Waals surface area contributed by atoms with Gasteiger partial charge in [-0.05, 0) is 12.1 Å². The third-order valence-electron chi connectivity index (χ3n) is 1.31. The van der Waals surface area contributed by atoms with E-state index in [4.69, 9.17) is 29.0 Å². The molecule has 0 bridgehead atoms. The summed E-state index contributed by atoms with van der Waals surface area (Å²) in [6, 6.07) is 4.53. The number of nitrogens with zero attached hydrogens (tertiary/aromatic N) is 2. The van der Waals surface area contributed by atoms with Gasteiger partial charge in [0.15, 0.2) is 0 Å². The molecule has 8 heteroatoms. The van der Waals surface area contributed by atoms with Gasteiger partial charge in [0, 0.05) is 0 Å². The minimum atomic E-state index is -1.07. The van der Waals surface area contributed by atoms with E-state index in [9.17, 15) is 10.1 Å². The molecule has 0 amide bonds. The van der Waals surface area contributed by atoms with Crippen molar-refractivity contribution in [2.45, 2.75) is 0 Å². The van der Waals surface area contributed by atoms with E-state index in [-0.39, 0.29) is 15.7 Å². The third kappa shape index (κ3) is 2.38. The van der Waals surface area contributed by atoms with Crippen LogP contribution in [0.15, 0.2) is 18.2 Å². The van der Waals surface area contributed by atoms with Gasteiger partial charge >= 0.3 is 5.09 Å². The molecule has 0 radical (unpaired) electrons. The van der Waals surface area contributed by atoms with Crippen molar-refractivity contribution in [3.8, 4) is 0 Å². The van der Waals surface area contributed by atoms with Crippen LogP contribution in [0.25, 0.3) is 0 Å². The Morgan fingerprint density at radius 3 is 2.36 bits per heavy atom. The Labute approximate surface area is 88.8 Å². The van der Waals surface area contributed by atoms with Crippen molar-refractivity contribution in [2.75, 3.05) is 5.17 Å². The molecule has 0 unspecified atom stereocenters. The van der Waals surface area contributed by atoms with Crippen LogP contribution in [0.2, 0.25) is 10.0 Å². The predicted molar refractivity (Wildman–Crippen MR) is 51.2 cm³/mol. The Morgan fingerprint density at radius 2 is 1.93 bits per heavy atom. The van der Waals surface area contributed by atoms with Gasteiger partial charge in [0.2, 0.25) is 0 Å². The maximum atomic E-state index is 9.98. The number of nitrogens with two attached hydrogens (primary N) is 1. The van der Waals surface area contributed by atoms with Crippen LogP contribution in [0.3, 0.4) is 0 Å². The van der Waals surface area contributed by atoms with Crippen LogP contribution in [0, 0.1) is 10.1 Å². The minimum absolute atomic E-state index is 0.0348. The molecule has 0 aliphatic heterocycles. The van der Waals surface area contributed by atoms with Crippen molar-refractivity contribution in [2.24, 2.45) is 5.84 Å². The Kier molecular flexibility index (Phi) is 3.34. The van der Waals surface area contributed by atoms with Crippen LogP contribution in [-0.2, 0) is 4.94 Å². The maximum absolute atomic E-state index is 9.98. The van der Waals surface area contributed by atoms with Crippen LogP contribution < -0.4 is 11.0 Å². The molecule has 14 heavy (non-hydrogen) atoms. The largest absolute Gasteiger partial charge is 0.318 e. The van der Waals surface area contributed by atoms with E-state index < -0.39 is 5.09 Å². The predicted octanol–water partition coefficient (Wildman–Crippen LogP) is 1.80. The molecule has 0 aliphatic carbocycles. The second kappa shape index (κ2) is 4.32. The van der Waals surface area contributed by atoms with Crippen molar-refractivity contribution in [3.63, 3.8) is 0 Å². The monoisotopic (exact) mass is 237 g/mol. The second-order valence-corrected chi connectivity index (χ2v) is 3.02. The van der Waals surface area contributed by atoms with Crippen molar-refractivity contribution < 1.29 is 10.0 Å². The van der Waals surface area contributed by atoms with Crippen LogP contribution in [-0.4, -0.2) is 5.09 Å². The first kappa shape index (κ1) is 10.8. The summed E-state index contributed by atoms with van der Waals surface area (Å²) < 4.78 is 0. The standard InChI is InChI=1S/C6H5Cl2N3O3/c7-4-2-1-3-5(8)6(4)10(9)14-11(12)13/h1-3H,9H2. The topological polar surface area (TPSA) is 81.6 Å². The Morgan fingerprint density at radius 1 is 1.43 bits per heavy atom. The van der Waals surface area contributed by atoms with Gasteiger partial charge in [-0.1, -0.05) is 29.3 Å². The van der Waals surface area contributed by atoms with E-state index in [1.54, 1.807) is 6.07 Å². The summed E-state index contributed by atoms with van der Waals surface area (Å²) in [6.07, 6.45) is 0. The molecule has 1 aromatic carbocycles. The van der Waals surface area contributed by atoms with Gasteiger partial charge in [0.05, 0.1) is 10.0 Å². The minimum Gasteiger partial charge on any atom is -0.223 e. The number of hydrazine groups is 1. The fourth-order valence-electron chi connectivity index (χ4n) is 0.812. The zero-order valence-electron chi connectivity index (χ0n) is 6.68. The molecule has 0 heterocycles. The lowest BCUT2D eigenvalue weighted by molar-refractivity contribution is -0.762. The summed E-state index contributed by atoms with van der Waals surface area (Å²) in [5, 5.41) is 9.61. The molecule has 1 rings (SSSR count). The number of hydrogen-bond donors (Lipinski definition) is 1. The molecule has 0 spiro atoms. The average molecular weight is 238 g/mol. The number of hydrogen-bond acceptors (Lipinski definition) is 5. The lowest BCUT2D eigenvalue weighted by atomic mass is 10.3. The quantitative estimate of drug-likeness (QED) is 0.493. The average Bonchev–Trinajstić information content (AvgIpc) is 2.01. The summed E-state index contributed by atoms with van der Waals surface area (Å²) in [5.41, 5.74) is 0.0348. The smallest absolute Gasteiger partial charge is 0.223 e. The third-order valence-corrected chi connectivity index (χ3v) is 1.92. The molecular formula is C6H5Cl2N3O3. The van der Waals surface area contributed by atoms with Gasteiger partial charge in [-0.15, -0.1) is 15.3 Å². The van der Waals surface area contributed by atoms with E-state index in [0.717, 1.165) is 0 Å². The molecule has 0 fully saturated rings. The first-order chi connectivity index (χ1) is 6.52. The lowest BCUT2D eigenvalue weighted by Crippen LogP contribution is -2.33. The summed E-state index contributed by atoms with van der Waals surface area (Å²) in [7, 11) is 0. The van der Waals surface area contributed by atoms with Gasteiger partial charge in [0.1, 0.15) is 5.69 Å². The molecule has 0 atom stereocenters. The van der Waals surface area contributed by atoms with Gasteiger partial charge in [-0.3, -0.25) is 0 Å². The lowest BCUT2D eigenvalue weighted by Gasteiger charge is -2.16. The number of para-hydroxylation sites is 1. The second-order valence-electron chi connectivity index (χ2n) is 2.20. The first-order valence-corrected chi connectivity index (χ1v) is 4.09. The molecular weight excluding hydrogens is 233 g/mol. The zero-order valence-corrected chi connectivity index (χ0v) is 8.20. The fraction of sp³-hybridized carbons (Fsp3) is 0. The molecule has 2 N–H and O–H groups in total. The number of benzene rings is 1. The Hall–Kier alpha value is -1.24. The van der Waals surface area contributed by atoms with Crippen LogP contribution >= 0.6 is 23.2 Å². The normalized spacial score (nSPS) is 9.64. The van der Waals surface area contributed by atoms with E-state index in [2.05, 4.69) is 4.94 Å². The van der Waals surface area contributed by atoms with Crippen LogP contribution in [0.5, 0.6) is 0 Å². The van der Waals surface area contributed by atoms with Crippen molar-refractivity contribution in [1.29, 1.82) is 0 Å². The highest BCUT2D eigenvalue weighted by Crippen LogP contribution is 2.31. The highest BCUT2D eigenvalue weighted by molar-refractivity contribution is 6.39. The molecule has 6 nitrogen and oxygen atoms in total. The molecule has 0 aliphatic rings. The first-order valence-electron chi connectivity index (χ1n) is 3.33. The number of halogens is 2. The van der Waals surface area contributed by atoms with Gasteiger partial charge in [0.25, 0.3) is 0 Å². The van der Waals surface area contributed by atoms with E-state index in [0.29, 0.717) is 5.17 Å². The molecule has 1 aromatic rings. The van der Waals surface area contributed by atoms with E-state index in [1.807, 2.05) is 0 Å². The number of anilines is 1. The zero-order chi connectivity index (χ0) is 10.7. The van der Waals surface area contributed by atoms with Gasteiger partial charge in [-0.2, -0.15) is 4.94 Å². The summed E-state index contributed by atoms with van der Waals surface area (Å²) >= 11 is 11.4. The Bertz CT molecular complexity index is 340. The van der Waals surface area contributed by atoms with E-state index >= 15 is 0 Å². The van der Waals surface area contributed by atoms with E-state index in [1.165, 1.54) is 12.1 Å². The van der Waals surface area contributed by atoms with Crippen molar-refractivity contribution in [1.82, 2.24) is 0 Å². The van der Waals surface area contributed by atoms with Gasteiger partial charge in [-0.25, -0.2) is 5.84 Å². The number of rotatable bonds is 3. The highest BCUT2D eigenvalue weighted by atomic mass is 35.5. The van der Waals surface area contributed by atoms with Crippen LogP contribution in [0.1, 0.15) is 0 Å². The van der Waals surface area contributed by atoms with Crippen LogP contribution in [0.4, 0.5) is 5.69 Å². The van der Waals surface area contributed by atoms with Gasteiger partial charge < -0.3 is 0 Å². The Balaban J connectivity index is 2.99. The maximum Gasteiger partial charge on any atom is 0.318 e. The molecule has 0 aromatic heterocycles. The molecule has 0 saturated heterocycles. The SMILES string of the molecule is NN(O[N+](=O)[O-])c1c(Cl)cccc1Cl. The summed E-state index contributed by atoms with van der Waals surface area (Å²) in [5.74, 6) is 5.20. The highest BCUT2D eigenvalue weighted by Gasteiger charge is 2.14.